The summed E-state index contributed by atoms with van der Waals surface area (Å²) in [5, 5.41) is 8.80. The van der Waals surface area contributed by atoms with E-state index in [9.17, 15) is 18.8 Å². The predicted molar refractivity (Wildman–Crippen MR) is 165 cm³/mol. The monoisotopic (exact) mass is 603 g/mol. The maximum atomic E-state index is 13.4. The van der Waals surface area contributed by atoms with Crippen molar-refractivity contribution in [3.8, 4) is 5.75 Å². The van der Waals surface area contributed by atoms with Crippen LogP contribution in [-0.4, -0.2) is 30.6 Å². The van der Waals surface area contributed by atoms with Gasteiger partial charge < -0.3 is 20.7 Å². The summed E-state index contributed by atoms with van der Waals surface area (Å²) in [5.41, 5.74) is 2.73. The lowest BCUT2D eigenvalue weighted by Crippen LogP contribution is -2.30. The van der Waals surface area contributed by atoms with Crippen LogP contribution in [0.15, 0.2) is 102 Å². The minimum atomic E-state index is -0.560. The van der Waals surface area contributed by atoms with Crippen LogP contribution < -0.4 is 20.7 Å². The molecule has 0 unspecified atom stereocenters. The Labute approximate surface area is 252 Å². The van der Waals surface area contributed by atoms with Crippen LogP contribution in [0.4, 0.5) is 15.8 Å². The molecular weight excluding hydrogens is 577 g/mol. The maximum Gasteiger partial charge on any atom is 0.272 e. The SMILES string of the molecule is COc1cc(Cl)c(C)cc1NC(=O)CSc1ccc(NC(=O)/C(=C/c2ccc(F)cc2)NC(=O)c2ccccc2)cc1. The smallest absolute Gasteiger partial charge is 0.272 e. The molecule has 4 rings (SSSR count). The van der Waals surface area contributed by atoms with Crippen LogP contribution >= 0.6 is 23.4 Å². The minimum absolute atomic E-state index is 0.0153. The van der Waals surface area contributed by atoms with Crippen molar-refractivity contribution in [1.82, 2.24) is 5.32 Å². The third kappa shape index (κ3) is 8.45. The molecule has 0 radical (unpaired) electrons. The quantitative estimate of drug-likeness (QED) is 0.135. The van der Waals surface area contributed by atoms with E-state index in [4.69, 9.17) is 16.3 Å². The normalized spacial score (nSPS) is 11.0. The van der Waals surface area contributed by atoms with Gasteiger partial charge in [0, 0.05) is 27.2 Å². The van der Waals surface area contributed by atoms with Gasteiger partial charge in [-0.3, -0.25) is 14.4 Å². The first kappa shape index (κ1) is 30.4. The first-order chi connectivity index (χ1) is 20.2. The lowest BCUT2D eigenvalue weighted by Gasteiger charge is -2.13. The molecule has 10 heteroatoms. The molecule has 3 amide bonds. The summed E-state index contributed by atoms with van der Waals surface area (Å²) in [6, 6.07) is 24.4. The Kier molecular flexibility index (Phi) is 10.4. The van der Waals surface area contributed by atoms with Gasteiger partial charge in [-0.25, -0.2) is 4.39 Å². The fraction of sp³-hybridized carbons (Fsp3) is 0.0938. The van der Waals surface area contributed by atoms with E-state index in [0.29, 0.717) is 33.3 Å². The Bertz CT molecular complexity index is 1610. The number of methoxy groups -OCH3 is 1. The van der Waals surface area contributed by atoms with Crippen molar-refractivity contribution in [3.05, 3.63) is 124 Å². The van der Waals surface area contributed by atoms with Crippen LogP contribution in [0.3, 0.4) is 0 Å². The fourth-order valence-electron chi connectivity index (χ4n) is 3.77. The van der Waals surface area contributed by atoms with E-state index < -0.39 is 17.6 Å². The minimum Gasteiger partial charge on any atom is -0.495 e. The van der Waals surface area contributed by atoms with E-state index in [-0.39, 0.29) is 17.4 Å². The van der Waals surface area contributed by atoms with Gasteiger partial charge in [0.15, 0.2) is 0 Å². The summed E-state index contributed by atoms with van der Waals surface area (Å²) in [6.07, 6.45) is 1.47. The molecule has 0 spiro atoms. The molecule has 0 saturated heterocycles. The summed E-state index contributed by atoms with van der Waals surface area (Å²) in [6.45, 7) is 1.84. The van der Waals surface area contributed by atoms with E-state index in [1.165, 1.54) is 49.2 Å². The molecule has 42 heavy (non-hydrogen) atoms. The number of aryl methyl sites for hydroxylation is 1. The summed E-state index contributed by atoms with van der Waals surface area (Å²) in [4.78, 5) is 39.3. The molecule has 3 N–H and O–H groups in total. The Balaban J connectivity index is 1.40. The number of carbonyl (C=O) groups excluding carboxylic acids is 3. The van der Waals surface area contributed by atoms with Crippen molar-refractivity contribution in [1.29, 1.82) is 0 Å². The van der Waals surface area contributed by atoms with E-state index in [0.717, 1.165) is 10.5 Å². The van der Waals surface area contributed by atoms with Gasteiger partial charge in [0.1, 0.15) is 17.3 Å². The zero-order valence-corrected chi connectivity index (χ0v) is 24.3. The fourth-order valence-corrected chi connectivity index (χ4v) is 4.62. The Morgan fingerprint density at radius 2 is 1.62 bits per heavy atom. The number of rotatable bonds is 10. The van der Waals surface area contributed by atoms with E-state index in [1.807, 2.05) is 6.92 Å². The van der Waals surface area contributed by atoms with Crippen molar-refractivity contribution in [2.75, 3.05) is 23.5 Å². The summed E-state index contributed by atoms with van der Waals surface area (Å²) < 4.78 is 18.7. The van der Waals surface area contributed by atoms with E-state index >= 15 is 0 Å². The second kappa shape index (κ2) is 14.3. The molecule has 0 bridgehead atoms. The molecule has 7 nitrogen and oxygen atoms in total. The highest BCUT2D eigenvalue weighted by atomic mass is 35.5. The van der Waals surface area contributed by atoms with Gasteiger partial charge in [-0.1, -0.05) is 41.9 Å². The molecule has 0 heterocycles. The Morgan fingerprint density at radius 1 is 0.929 bits per heavy atom. The topological polar surface area (TPSA) is 96.5 Å². The van der Waals surface area contributed by atoms with Crippen LogP contribution in [-0.2, 0) is 9.59 Å². The number of hydrogen-bond donors (Lipinski definition) is 3. The van der Waals surface area contributed by atoms with Crippen LogP contribution in [0.2, 0.25) is 5.02 Å². The molecule has 4 aromatic rings. The number of nitrogens with one attached hydrogen (secondary N) is 3. The van der Waals surface area contributed by atoms with Gasteiger partial charge in [-0.2, -0.15) is 0 Å². The molecule has 0 aliphatic heterocycles. The third-order valence-corrected chi connectivity index (χ3v) is 7.37. The zero-order valence-electron chi connectivity index (χ0n) is 22.7. The molecule has 214 valence electrons. The van der Waals surface area contributed by atoms with Crippen molar-refractivity contribution < 1.29 is 23.5 Å². The molecule has 0 aromatic heterocycles. The Morgan fingerprint density at radius 3 is 2.29 bits per heavy atom. The first-order valence-electron chi connectivity index (χ1n) is 12.7. The van der Waals surface area contributed by atoms with Crippen molar-refractivity contribution in [2.45, 2.75) is 11.8 Å². The second-order valence-corrected chi connectivity index (χ2v) is 10.5. The molecule has 0 atom stereocenters. The number of carbonyl (C=O) groups is 3. The predicted octanol–water partition coefficient (Wildman–Crippen LogP) is 6.94. The Hall–Kier alpha value is -4.60. The highest BCUT2D eigenvalue weighted by molar-refractivity contribution is 8.00. The van der Waals surface area contributed by atoms with Gasteiger partial charge in [0.25, 0.3) is 11.8 Å². The lowest BCUT2D eigenvalue weighted by atomic mass is 10.1. The molecule has 4 aromatic carbocycles. The largest absolute Gasteiger partial charge is 0.495 e. The summed E-state index contributed by atoms with van der Waals surface area (Å²) >= 11 is 7.46. The highest BCUT2D eigenvalue weighted by Gasteiger charge is 2.16. The summed E-state index contributed by atoms with van der Waals surface area (Å²) in [5.74, 6) is -1.04. The van der Waals surface area contributed by atoms with E-state index in [1.54, 1.807) is 66.7 Å². The lowest BCUT2D eigenvalue weighted by molar-refractivity contribution is -0.114. The standard InChI is InChI=1S/C32H27ClFN3O4S/c1-20-16-27(29(41-2)18-26(20)33)36-30(38)19-42-25-14-12-24(13-15-25)35-32(40)28(17-21-8-10-23(34)11-9-21)37-31(39)22-6-4-3-5-7-22/h3-18H,19H2,1-2H3,(H,35,40)(H,36,38)(H,37,39)/b28-17-. The average Bonchev–Trinajstić information content (AvgIpc) is 2.99. The average molecular weight is 604 g/mol. The first-order valence-corrected chi connectivity index (χ1v) is 14.1. The third-order valence-electron chi connectivity index (χ3n) is 5.95. The second-order valence-electron chi connectivity index (χ2n) is 9.05. The van der Waals surface area contributed by atoms with Crippen LogP contribution in [0.5, 0.6) is 5.75 Å². The maximum absolute atomic E-state index is 13.4. The number of halogens is 2. The van der Waals surface area contributed by atoms with Gasteiger partial charge in [0.05, 0.1) is 18.6 Å². The number of anilines is 2. The van der Waals surface area contributed by atoms with Gasteiger partial charge in [-0.15, -0.1) is 11.8 Å². The van der Waals surface area contributed by atoms with Gasteiger partial charge in [0.2, 0.25) is 5.91 Å². The molecule has 0 fully saturated rings. The van der Waals surface area contributed by atoms with Crippen molar-refractivity contribution >= 4 is 58.5 Å². The molecule has 0 aliphatic rings. The van der Waals surface area contributed by atoms with Gasteiger partial charge >= 0.3 is 0 Å². The summed E-state index contributed by atoms with van der Waals surface area (Å²) in [7, 11) is 1.50. The van der Waals surface area contributed by atoms with Crippen LogP contribution in [0.1, 0.15) is 21.5 Å². The van der Waals surface area contributed by atoms with Crippen molar-refractivity contribution in [3.63, 3.8) is 0 Å². The molecule has 0 aliphatic carbocycles. The number of amides is 3. The molecular formula is C32H27ClFN3O4S. The molecule has 0 saturated carbocycles. The van der Waals surface area contributed by atoms with E-state index in [2.05, 4.69) is 16.0 Å². The number of hydrogen-bond acceptors (Lipinski definition) is 5. The van der Waals surface area contributed by atoms with Crippen molar-refractivity contribution in [2.24, 2.45) is 0 Å². The number of thioether (sulfide) groups is 1. The van der Waals surface area contributed by atoms with Crippen LogP contribution in [0, 0.1) is 12.7 Å². The van der Waals surface area contributed by atoms with Crippen LogP contribution in [0.25, 0.3) is 6.08 Å². The zero-order chi connectivity index (χ0) is 30.1. The number of ether oxygens (including phenoxy) is 1. The number of benzene rings is 4. The van der Waals surface area contributed by atoms with Gasteiger partial charge in [-0.05, 0) is 78.7 Å². The highest BCUT2D eigenvalue weighted by Crippen LogP contribution is 2.31.